The summed E-state index contributed by atoms with van der Waals surface area (Å²) in [6.45, 7) is 5.98. The highest BCUT2D eigenvalue weighted by molar-refractivity contribution is 5.88. The van der Waals surface area contributed by atoms with Gasteiger partial charge >= 0.3 is 0 Å². The normalized spacial score (nSPS) is 8.76. The van der Waals surface area contributed by atoms with Gasteiger partial charge in [0.05, 0.1) is 0 Å². The molecule has 2 heteroatoms. The fourth-order valence-electron chi connectivity index (χ4n) is 1.44. The highest BCUT2D eigenvalue weighted by atomic mass is 16.3. The molecule has 94 valence electrons. The van der Waals surface area contributed by atoms with Gasteiger partial charge in [-0.05, 0) is 38.0 Å². The molecule has 2 aromatic carbocycles. The van der Waals surface area contributed by atoms with Crippen molar-refractivity contribution < 1.29 is 5.11 Å². The van der Waals surface area contributed by atoms with Crippen LogP contribution in [0.25, 0.3) is 10.8 Å². The molecule has 0 spiro atoms. The van der Waals surface area contributed by atoms with Crippen molar-refractivity contribution in [3.63, 3.8) is 0 Å². The van der Waals surface area contributed by atoms with E-state index in [0.717, 1.165) is 16.3 Å². The molecule has 0 aromatic heterocycles. The molecule has 0 atom stereocenters. The maximum atomic E-state index is 9.55. The Morgan fingerprint density at radius 2 is 1.53 bits per heavy atom. The van der Waals surface area contributed by atoms with Crippen molar-refractivity contribution in [2.75, 3.05) is 14.1 Å². The third-order valence-corrected chi connectivity index (χ3v) is 1.98. The summed E-state index contributed by atoms with van der Waals surface area (Å²) in [5.41, 5.74) is 1.09. The number of fused-ring (bicyclic) bond motifs is 1. The largest absolute Gasteiger partial charge is 0.507 e. The quantitative estimate of drug-likeness (QED) is 0.727. The van der Waals surface area contributed by atoms with E-state index in [1.165, 1.54) is 0 Å². The van der Waals surface area contributed by atoms with Gasteiger partial charge in [-0.1, -0.05) is 44.2 Å². The van der Waals surface area contributed by atoms with E-state index in [0.29, 0.717) is 5.75 Å². The molecule has 2 nitrogen and oxygen atoms in total. The van der Waals surface area contributed by atoms with Gasteiger partial charge in [-0.15, -0.1) is 0 Å². The van der Waals surface area contributed by atoms with Crippen molar-refractivity contribution in [2.45, 2.75) is 20.8 Å². The van der Waals surface area contributed by atoms with Crippen LogP contribution < -0.4 is 5.32 Å². The first-order valence-corrected chi connectivity index (χ1v) is 5.96. The second-order valence-corrected chi connectivity index (χ2v) is 3.51. The number of aryl methyl sites for hydroxylation is 1. The molecule has 0 aliphatic heterocycles. The minimum Gasteiger partial charge on any atom is -0.507 e. The van der Waals surface area contributed by atoms with Crippen molar-refractivity contribution in [1.82, 2.24) is 5.32 Å². The van der Waals surface area contributed by atoms with Gasteiger partial charge in [0.2, 0.25) is 0 Å². The SMILES string of the molecule is CC.CNC.Cc1cc(O)c2ccccc2c1. The Hall–Kier alpha value is -1.54. The van der Waals surface area contributed by atoms with Gasteiger partial charge < -0.3 is 10.4 Å². The Balaban J connectivity index is 0.000000450. The minimum absolute atomic E-state index is 0.366. The minimum atomic E-state index is 0.366. The third kappa shape index (κ3) is 4.87. The van der Waals surface area contributed by atoms with Gasteiger partial charge in [-0.3, -0.25) is 0 Å². The fourth-order valence-corrected chi connectivity index (χ4v) is 1.44. The Labute approximate surface area is 104 Å². The van der Waals surface area contributed by atoms with Crippen LogP contribution in [0.4, 0.5) is 0 Å². The molecule has 0 aliphatic rings. The molecule has 0 saturated heterocycles. The topological polar surface area (TPSA) is 32.3 Å². The predicted octanol–water partition coefficient (Wildman–Crippen LogP) is 3.72. The molecular formula is C15H23NO. The molecule has 0 radical (unpaired) electrons. The van der Waals surface area contributed by atoms with Gasteiger partial charge in [0.1, 0.15) is 5.75 Å². The van der Waals surface area contributed by atoms with Crippen LogP contribution in [-0.4, -0.2) is 19.2 Å². The van der Waals surface area contributed by atoms with Crippen LogP contribution in [0.15, 0.2) is 36.4 Å². The number of hydrogen-bond acceptors (Lipinski definition) is 2. The summed E-state index contributed by atoms with van der Waals surface area (Å²) < 4.78 is 0. The van der Waals surface area contributed by atoms with E-state index >= 15 is 0 Å². The highest BCUT2D eigenvalue weighted by Crippen LogP contribution is 2.25. The van der Waals surface area contributed by atoms with Crippen LogP contribution in [0.1, 0.15) is 19.4 Å². The molecule has 0 saturated carbocycles. The molecule has 17 heavy (non-hydrogen) atoms. The lowest BCUT2D eigenvalue weighted by Gasteiger charge is -2.01. The molecule has 0 bridgehead atoms. The smallest absolute Gasteiger partial charge is 0.123 e. The summed E-state index contributed by atoms with van der Waals surface area (Å²) in [6, 6.07) is 11.7. The Bertz CT molecular complexity index is 438. The van der Waals surface area contributed by atoms with Crippen molar-refractivity contribution in [1.29, 1.82) is 0 Å². The Morgan fingerprint density at radius 3 is 2.12 bits per heavy atom. The first-order valence-electron chi connectivity index (χ1n) is 5.96. The zero-order valence-electron chi connectivity index (χ0n) is 11.4. The second kappa shape index (κ2) is 8.59. The molecule has 2 aromatic rings. The summed E-state index contributed by atoms with van der Waals surface area (Å²) in [4.78, 5) is 0. The predicted molar refractivity (Wildman–Crippen MR) is 76.7 cm³/mol. The molecule has 2 N–H and O–H groups in total. The number of hydrogen-bond donors (Lipinski definition) is 2. The summed E-state index contributed by atoms with van der Waals surface area (Å²) in [6.07, 6.45) is 0. The number of nitrogens with one attached hydrogen (secondary N) is 1. The zero-order valence-corrected chi connectivity index (χ0v) is 11.4. The van der Waals surface area contributed by atoms with E-state index in [9.17, 15) is 5.11 Å². The van der Waals surface area contributed by atoms with Crippen molar-refractivity contribution in [2.24, 2.45) is 0 Å². The number of benzene rings is 2. The maximum absolute atomic E-state index is 9.55. The lowest BCUT2D eigenvalue weighted by atomic mass is 10.1. The fraction of sp³-hybridized carbons (Fsp3) is 0.333. The van der Waals surface area contributed by atoms with Crippen LogP contribution in [0, 0.1) is 6.92 Å². The number of phenolic OH excluding ortho intramolecular Hbond substituents is 1. The van der Waals surface area contributed by atoms with Crippen LogP contribution >= 0.6 is 0 Å². The van der Waals surface area contributed by atoms with Crippen molar-refractivity contribution in [3.8, 4) is 5.75 Å². The zero-order chi connectivity index (χ0) is 13.3. The van der Waals surface area contributed by atoms with Crippen LogP contribution in [0.2, 0.25) is 0 Å². The lowest BCUT2D eigenvalue weighted by Crippen LogP contribution is -1.89. The van der Waals surface area contributed by atoms with Gasteiger partial charge in [0, 0.05) is 5.39 Å². The van der Waals surface area contributed by atoms with Crippen LogP contribution in [-0.2, 0) is 0 Å². The number of rotatable bonds is 0. The molecule has 0 heterocycles. The van der Waals surface area contributed by atoms with Crippen molar-refractivity contribution in [3.05, 3.63) is 42.0 Å². The Morgan fingerprint density at radius 1 is 1.00 bits per heavy atom. The van der Waals surface area contributed by atoms with E-state index < -0.39 is 0 Å². The third-order valence-electron chi connectivity index (χ3n) is 1.98. The van der Waals surface area contributed by atoms with Gasteiger partial charge in [-0.2, -0.15) is 0 Å². The molecule has 0 unspecified atom stereocenters. The molecule has 2 rings (SSSR count). The van der Waals surface area contributed by atoms with Crippen molar-refractivity contribution >= 4 is 10.8 Å². The van der Waals surface area contributed by atoms with E-state index in [4.69, 9.17) is 0 Å². The second-order valence-electron chi connectivity index (χ2n) is 3.51. The maximum Gasteiger partial charge on any atom is 0.123 e. The molecule has 0 aliphatic carbocycles. The van der Waals surface area contributed by atoms with E-state index in [1.807, 2.05) is 59.1 Å². The van der Waals surface area contributed by atoms with Crippen LogP contribution in [0.3, 0.4) is 0 Å². The summed E-state index contributed by atoms with van der Waals surface area (Å²) in [7, 11) is 3.75. The lowest BCUT2D eigenvalue weighted by molar-refractivity contribution is 0.481. The first-order chi connectivity index (χ1) is 8.19. The average Bonchev–Trinajstić information content (AvgIpc) is 2.32. The van der Waals surface area contributed by atoms with Crippen LogP contribution in [0.5, 0.6) is 5.75 Å². The van der Waals surface area contributed by atoms with E-state index in [2.05, 4.69) is 11.4 Å². The molecule has 0 amide bonds. The highest BCUT2D eigenvalue weighted by Gasteiger charge is 1.98. The average molecular weight is 233 g/mol. The summed E-state index contributed by atoms with van der Waals surface area (Å²) in [5, 5.41) is 14.3. The summed E-state index contributed by atoms with van der Waals surface area (Å²) >= 11 is 0. The van der Waals surface area contributed by atoms with E-state index in [1.54, 1.807) is 6.07 Å². The number of phenols is 1. The Kier molecular flexibility index (Phi) is 7.82. The standard InChI is InChI=1S/C11H10O.C2H7N.C2H6/c1-8-6-9-4-2-3-5-10(9)11(12)7-8;1-3-2;1-2/h2-7,12H,1H3;3H,1-2H3;1-2H3. The van der Waals surface area contributed by atoms with Gasteiger partial charge in [0.25, 0.3) is 0 Å². The van der Waals surface area contributed by atoms with E-state index in [-0.39, 0.29) is 0 Å². The molecule has 0 fully saturated rings. The summed E-state index contributed by atoms with van der Waals surface area (Å²) in [5.74, 6) is 0.366. The van der Waals surface area contributed by atoms with Gasteiger partial charge in [-0.25, -0.2) is 0 Å². The first kappa shape index (κ1) is 15.5. The van der Waals surface area contributed by atoms with Gasteiger partial charge in [0.15, 0.2) is 0 Å². The molecular weight excluding hydrogens is 210 g/mol. The number of aromatic hydroxyl groups is 1. The monoisotopic (exact) mass is 233 g/mol.